The minimum atomic E-state index is -0.930. The number of hydrogen-bond acceptors (Lipinski definition) is 2. The number of carboxylic acid groups (broad SMARTS) is 1. The normalized spacial score (nSPS) is 21.5. The number of piperidine rings is 1. The first-order valence-electron chi connectivity index (χ1n) is 7.06. The van der Waals surface area contributed by atoms with Crippen LogP contribution in [0.25, 0.3) is 0 Å². The van der Waals surface area contributed by atoms with E-state index in [0.717, 1.165) is 18.2 Å². The number of carbonyl (C=O) groups is 2. The molecule has 0 spiro atoms. The predicted octanol–water partition coefficient (Wildman–Crippen LogP) is 2.22. The van der Waals surface area contributed by atoms with Gasteiger partial charge in [0, 0.05) is 25.2 Å². The summed E-state index contributed by atoms with van der Waals surface area (Å²) >= 11 is 0. The van der Waals surface area contributed by atoms with Crippen molar-refractivity contribution in [2.24, 2.45) is 11.8 Å². The summed E-state index contributed by atoms with van der Waals surface area (Å²) in [5.41, 5.74) is 0.0493. The van der Waals surface area contributed by atoms with Crippen LogP contribution in [0.1, 0.15) is 18.9 Å². The van der Waals surface area contributed by atoms with Crippen molar-refractivity contribution in [3.05, 3.63) is 35.4 Å². The summed E-state index contributed by atoms with van der Waals surface area (Å²) in [6.07, 6.45) is 0.525. The first kappa shape index (κ1) is 16.2. The van der Waals surface area contributed by atoms with Gasteiger partial charge >= 0.3 is 12.0 Å². The highest BCUT2D eigenvalue weighted by atomic mass is 19.1. The topological polar surface area (TPSA) is 69.6 Å². The third-order valence-corrected chi connectivity index (χ3v) is 3.73. The molecule has 0 bridgehead atoms. The van der Waals surface area contributed by atoms with Gasteiger partial charge < -0.3 is 15.3 Å². The Kier molecular flexibility index (Phi) is 4.95. The number of halogens is 2. The average molecular weight is 312 g/mol. The Hall–Kier alpha value is -2.18. The van der Waals surface area contributed by atoms with Crippen molar-refractivity contribution in [2.45, 2.75) is 19.9 Å². The molecule has 1 aliphatic rings. The standard InChI is InChI=1S/C15H18F2N2O3/c1-9-4-11(14(20)21)8-19(7-9)15(22)18-6-10-5-12(16)2-3-13(10)17/h2-3,5,9,11H,4,6-8H2,1H3,(H,18,22)(H,20,21). The molecule has 5 nitrogen and oxygen atoms in total. The first-order chi connectivity index (χ1) is 10.4. The zero-order valence-corrected chi connectivity index (χ0v) is 12.2. The number of nitrogens with one attached hydrogen (secondary N) is 1. The molecule has 2 atom stereocenters. The van der Waals surface area contributed by atoms with E-state index in [1.54, 1.807) is 0 Å². The number of amides is 2. The van der Waals surface area contributed by atoms with Crippen LogP contribution in [-0.4, -0.2) is 35.1 Å². The van der Waals surface area contributed by atoms with Crippen molar-refractivity contribution in [3.8, 4) is 0 Å². The summed E-state index contributed by atoms with van der Waals surface area (Å²) in [5, 5.41) is 11.6. The molecule has 2 N–H and O–H groups in total. The first-order valence-corrected chi connectivity index (χ1v) is 7.06. The summed E-state index contributed by atoms with van der Waals surface area (Å²) in [5.74, 6) is -2.63. The van der Waals surface area contributed by atoms with Crippen molar-refractivity contribution < 1.29 is 23.5 Å². The number of urea groups is 1. The molecule has 120 valence electrons. The van der Waals surface area contributed by atoms with Crippen LogP contribution in [0.5, 0.6) is 0 Å². The van der Waals surface area contributed by atoms with E-state index in [4.69, 9.17) is 5.11 Å². The molecule has 1 aliphatic heterocycles. The number of nitrogens with zero attached hydrogens (tertiary/aromatic N) is 1. The van der Waals surface area contributed by atoms with Gasteiger partial charge in [0.25, 0.3) is 0 Å². The molecule has 0 radical (unpaired) electrons. The Morgan fingerprint density at radius 2 is 2.09 bits per heavy atom. The van der Waals surface area contributed by atoms with Crippen molar-refractivity contribution in [1.82, 2.24) is 10.2 Å². The van der Waals surface area contributed by atoms with Crippen LogP contribution in [0.4, 0.5) is 13.6 Å². The Balaban J connectivity index is 1.96. The molecular formula is C15H18F2N2O3. The van der Waals surface area contributed by atoms with Crippen LogP contribution in [0.2, 0.25) is 0 Å². The fraction of sp³-hybridized carbons (Fsp3) is 0.467. The van der Waals surface area contributed by atoms with Crippen molar-refractivity contribution in [3.63, 3.8) is 0 Å². The van der Waals surface area contributed by atoms with E-state index in [1.165, 1.54) is 4.90 Å². The van der Waals surface area contributed by atoms with Gasteiger partial charge in [-0.1, -0.05) is 6.92 Å². The van der Waals surface area contributed by atoms with Gasteiger partial charge in [0.2, 0.25) is 0 Å². The smallest absolute Gasteiger partial charge is 0.317 e. The van der Waals surface area contributed by atoms with Gasteiger partial charge in [-0.25, -0.2) is 13.6 Å². The van der Waals surface area contributed by atoms with Crippen molar-refractivity contribution >= 4 is 12.0 Å². The zero-order valence-electron chi connectivity index (χ0n) is 12.2. The Bertz CT molecular complexity index is 580. The highest BCUT2D eigenvalue weighted by Gasteiger charge is 2.31. The van der Waals surface area contributed by atoms with Crippen LogP contribution in [0, 0.1) is 23.5 Å². The minimum Gasteiger partial charge on any atom is -0.481 e. The maximum Gasteiger partial charge on any atom is 0.317 e. The number of carboxylic acids is 1. The van der Waals surface area contributed by atoms with Gasteiger partial charge in [-0.2, -0.15) is 0 Å². The molecule has 0 saturated carbocycles. The molecule has 2 rings (SSSR count). The van der Waals surface area contributed by atoms with E-state index in [0.29, 0.717) is 13.0 Å². The highest BCUT2D eigenvalue weighted by molar-refractivity contribution is 5.76. The summed E-state index contributed by atoms with van der Waals surface area (Å²) in [4.78, 5) is 24.6. The molecule has 0 aliphatic carbocycles. The fourth-order valence-corrected chi connectivity index (χ4v) is 2.66. The molecule has 1 fully saturated rings. The summed E-state index contributed by atoms with van der Waals surface area (Å²) < 4.78 is 26.5. The number of aliphatic carboxylic acids is 1. The summed E-state index contributed by atoms with van der Waals surface area (Å²) in [6.45, 7) is 2.30. The van der Waals surface area contributed by atoms with Crippen molar-refractivity contribution in [2.75, 3.05) is 13.1 Å². The van der Waals surface area contributed by atoms with E-state index in [-0.39, 0.29) is 24.6 Å². The number of rotatable bonds is 3. The van der Waals surface area contributed by atoms with Crippen LogP contribution >= 0.6 is 0 Å². The third kappa shape index (κ3) is 3.93. The van der Waals surface area contributed by atoms with E-state index in [9.17, 15) is 18.4 Å². The fourth-order valence-electron chi connectivity index (χ4n) is 2.66. The lowest BCUT2D eigenvalue weighted by Gasteiger charge is -2.34. The van der Waals surface area contributed by atoms with Gasteiger partial charge in [0.15, 0.2) is 0 Å². The molecular weight excluding hydrogens is 294 g/mol. The lowest BCUT2D eigenvalue weighted by molar-refractivity contribution is -0.143. The number of carbonyl (C=O) groups excluding carboxylic acids is 1. The van der Waals surface area contributed by atoms with Crippen LogP contribution < -0.4 is 5.32 Å². The Morgan fingerprint density at radius 3 is 2.77 bits per heavy atom. The maximum atomic E-state index is 13.5. The molecule has 1 aromatic carbocycles. The second-order valence-corrected chi connectivity index (χ2v) is 5.68. The summed E-state index contributed by atoms with van der Waals surface area (Å²) in [7, 11) is 0. The zero-order chi connectivity index (χ0) is 16.3. The molecule has 0 aromatic heterocycles. The highest BCUT2D eigenvalue weighted by Crippen LogP contribution is 2.21. The van der Waals surface area contributed by atoms with E-state index in [2.05, 4.69) is 5.32 Å². The second-order valence-electron chi connectivity index (χ2n) is 5.68. The predicted molar refractivity (Wildman–Crippen MR) is 75.1 cm³/mol. The lowest BCUT2D eigenvalue weighted by Crippen LogP contribution is -2.49. The number of likely N-dealkylation sites (tertiary alicyclic amines) is 1. The average Bonchev–Trinajstić information content (AvgIpc) is 2.47. The molecule has 2 unspecified atom stereocenters. The van der Waals surface area contributed by atoms with Gasteiger partial charge in [0.05, 0.1) is 5.92 Å². The SMILES string of the molecule is CC1CC(C(=O)O)CN(C(=O)NCc2cc(F)ccc2F)C1. The van der Waals surface area contributed by atoms with E-state index < -0.39 is 29.6 Å². The van der Waals surface area contributed by atoms with Crippen LogP contribution in [0.3, 0.4) is 0 Å². The molecule has 1 saturated heterocycles. The number of hydrogen-bond donors (Lipinski definition) is 2. The van der Waals surface area contributed by atoms with E-state index in [1.807, 2.05) is 6.92 Å². The minimum absolute atomic E-state index is 0.0493. The second kappa shape index (κ2) is 6.72. The van der Waals surface area contributed by atoms with Crippen molar-refractivity contribution in [1.29, 1.82) is 0 Å². The Labute approximate surface area is 126 Å². The maximum absolute atomic E-state index is 13.5. The largest absolute Gasteiger partial charge is 0.481 e. The number of benzene rings is 1. The molecule has 7 heteroatoms. The monoisotopic (exact) mass is 312 g/mol. The summed E-state index contributed by atoms with van der Waals surface area (Å²) in [6, 6.07) is 2.56. The third-order valence-electron chi connectivity index (χ3n) is 3.73. The molecule has 2 amide bonds. The lowest BCUT2D eigenvalue weighted by atomic mass is 9.91. The van der Waals surface area contributed by atoms with Gasteiger partial charge in [-0.3, -0.25) is 4.79 Å². The van der Waals surface area contributed by atoms with Crippen LogP contribution in [0.15, 0.2) is 18.2 Å². The quantitative estimate of drug-likeness (QED) is 0.899. The van der Waals surface area contributed by atoms with Gasteiger partial charge in [-0.05, 0) is 30.5 Å². The molecule has 1 aromatic rings. The van der Waals surface area contributed by atoms with Gasteiger partial charge in [-0.15, -0.1) is 0 Å². The van der Waals surface area contributed by atoms with Crippen LogP contribution in [-0.2, 0) is 11.3 Å². The molecule has 1 heterocycles. The van der Waals surface area contributed by atoms with Gasteiger partial charge in [0.1, 0.15) is 11.6 Å². The Morgan fingerprint density at radius 1 is 1.36 bits per heavy atom. The molecule has 22 heavy (non-hydrogen) atoms. The van der Waals surface area contributed by atoms with E-state index >= 15 is 0 Å².